The van der Waals surface area contributed by atoms with Crippen LogP contribution in [0.2, 0.25) is 0 Å². The van der Waals surface area contributed by atoms with Crippen LogP contribution in [-0.2, 0) is 0 Å². The van der Waals surface area contributed by atoms with Crippen LogP contribution in [0.25, 0.3) is 10.8 Å². The molecule has 106 valence electrons. The minimum atomic E-state index is -0.483. The molecule has 21 heavy (non-hydrogen) atoms. The maximum Gasteiger partial charge on any atom is 0.129 e. The molecule has 0 saturated heterocycles. The zero-order valence-corrected chi connectivity index (χ0v) is 13.2. The fourth-order valence-electron chi connectivity index (χ4n) is 2.67. The molecule has 0 aliphatic heterocycles. The van der Waals surface area contributed by atoms with Crippen LogP contribution in [0.15, 0.2) is 59.1 Å². The number of rotatable bonds is 2. The van der Waals surface area contributed by atoms with E-state index in [1.165, 1.54) is 11.6 Å². The SMILES string of the molecule is Cc1ccc(C(N)c2ccc(Br)cc2F)c2ccccc12. The van der Waals surface area contributed by atoms with Gasteiger partial charge in [0.25, 0.3) is 0 Å². The average molecular weight is 344 g/mol. The third-order valence-corrected chi connectivity index (χ3v) is 4.30. The van der Waals surface area contributed by atoms with Crippen molar-refractivity contribution in [1.29, 1.82) is 0 Å². The standard InChI is InChI=1S/C18H15BrFN/c1-11-6-8-15(14-5-3-2-4-13(11)14)18(21)16-9-7-12(19)10-17(16)20/h2-10,18H,21H2,1H3. The number of halogens is 2. The molecule has 0 radical (unpaired) electrons. The van der Waals surface area contributed by atoms with Crippen LogP contribution in [0.3, 0.4) is 0 Å². The first-order valence-electron chi connectivity index (χ1n) is 6.76. The molecule has 0 aromatic heterocycles. The van der Waals surface area contributed by atoms with Gasteiger partial charge >= 0.3 is 0 Å². The van der Waals surface area contributed by atoms with Crippen molar-refractivity contribution in [3.63, 3.8) is 0 Å². The third-order valence-electron chi connectivity index (χ3n) is 3.81. The molecule has 0 fully saturated rings. The van der Waals surface area contributed by atoms with Gasteiger partial charge in [0.1, 0.15) is 5.82 Å². The highest BCUT2D eigenvalue weighted by Crippen LogP contribution is 2.31. The van der Waals surface area contributed by atoms with E-state index in [0.717, 1.165) is 16.3 Å². The van der Waals surface area contributed by atoms with Gasteiger partial charge in [0.05, 0.1) is 6.04 Å². The van der Waals surface area contributed by atoms with Crippen LogP contribution in [0, 0.1) is 12.7 Å². The van der Waals surface area contributed by atoms with E-state index in [1.807, 2.05) is 36.4 Å². The first kappa shape index (κ1) is 14.2. The van der Waals surface area contributed by atoms with E-state index in [2.05, 4.69) is 28.9 Å². The normalized spacial score (nSPS) is 12.6. The van der Waals surface area contributed by atoms with E-state index < -0.39 is 6.04 Å². The molecule has 1 unspecified atom stereocenters. The molecule has 2 N–H and O–H groups in total. The second-order valence-electron chi connectivity index (χ2n) is 5.16. The fraction of sp³-hybridized carbons (Fsp3) is 0.111. The van der Waals surface area contributed by atoms with E-state index >= 15 is 0 Å². The summed E-state index contributed by atoms with van der Waals surface area (Å²) in [5, 5.41) is 2.23. The molecule has 0 aliphatic carbocycles. The highest BCUT2D eigenvalue weighted by Gasteiger charge is 2.16. The first-order chi connectivity index (χ1) is 10.1. The number of aryl methyl sites for hydroxylation is 1. The Morgan fingerprint density at radius 3 is 2.33 bits per heavy atom. The Bertz CT molecular complexity index is 813. The van der Waals surface area contributed by atoms with Crippen LogP contribution in [-0.4, -0.2) is 0 Å². The van der Waals surface area contributed by atoms with Crippen molar-refractivity contribution in [1.82, 2.24) is 0 Å². The zero-order chi connectivity index (χ0) is 15.0. The minimum absolute atomic E-state index is 0.290. The molecule has 0 saturated carbocycles. The highest BCUT2D eigenvalue weighted by atomic mass is 79.9. The molecule has 3 aromatic carbocycles. The summed E-state index contributed by atoms with van der Waals surface area (Å²) in [6.07, 6.45) is 0. The molecule has 0 spiro atoms. The molecule has 1 atom stereocenters. The third kappa shape index (κ3) is 2.59. The van der Waals surface area contributed by atoms with Crippen molar-refractivity contribution < 1.29 is 4.39 Å². The van der Waals surface area contributed by atoms with Crippen LogP contribution in [0.4, 0.5) is 4.39 Å². The van der Waals surface area contributed by atoms with Crippen LogP contribution in [0.5, 0.6) is 0 Å². The lowest BCUT2D eigenvalue weighted by molar-refractivity contribution is 0.599. The predicted octanol–water partition coefficient (Wildman–Crippen LogP) is 5.10. The van der Waals surface area contributed by atoms with Gasteiger partial charge in [-0.3, -0.25) is 0 Å². The average Bonchev–Trinajstić information content (AvgIpc) is 2.47. The lowest BCUT2D eigenvalue weighted by Crippen LogP contribution is -2.14. The van der Waals surface area contributed by atoms with Gasteiger partial charge in [0, 0.05) is 10.0 Å². The summed E-state index contributed by atoms with van der Waals surface area (Å²) < 4.78 is 14.9. The van der Waals surface area contributed by atoms with E-state index in [0.29, 0.717) is 10.0 Å². The molecule has 0 amide bonds. The minimum Gasteiger partial charge on any atom is -0.320 e. The van der Waals surface area contributed by atoms with Crippen molar-refractivity contribution in [3.8, 4) is 0 Å². The topological polar surface area (TPSA) is 26.0 Å². The quantitative estimate of drug-likeness (QED) is 0.688. The molecular formula is C18H15BrFN. The summed E-state index contributed by atoms with van der Waals surface area (Å²) in [7, 11) is 0. The molecule has 1 nitrogen and oxygen atoms in total. The van der Waals surface area contributed by atoms with Gasteiger partial charge in [0.2, 0.25) is 0 Å². The Morgan fingerprint density at radius 2 is 1.62 bits per heavy atom. The van der Waals surface area contributed by atoms with Crippen molar-refractivity contribution in [2.75, 3.05) is 0 Å². The summed E-state index contributed by atoms with van der Waals surface area (Å²) in [6, 6.07) is 16.6. The van der Waals surface area contributed by atoms with E-state index in [1.54, 1.807) is 6.07 Å². The number of fused-ring (bicyclic) bond motifs is 1. The molecular weight excluding hydrogens is 329 g/mol. The predicted molar refractivity (Wildman–Crippen MR) is 88.8 cm³/mol. The van der Waals surface area contributed by atoms with Crippen molar-refractivity contribution >= 4 is 26.7 Å². The van der Waals surface area contributed by atoms with E-state index in [4.69, 9.17) is 5.73 Å². The Labute approximate surface area is 131 Å². The second kappa shape index (κ2) is 5.58. The number of nitrogens with two attached hydrogens (primary N) is 1. The van der Waals surface area contributed by atoms with Crippen LogP contribution >= 0.6 is 15.9 Å². The smallest absolute Gasteiger partial charge is 0.129 e. The number of hydrogen-bond donors (Lipinski definition) is 1. The highest BCUT2D eigenvalue weighted by molar-refractivity contribution is 9.10. The molecule has 0 bridgehead atoms. The van der Waals surface area contributed by atoms with Gasteiger partial charge in [-0.15, -0.1) is 0 Å². The van der Waals surface area contributed by atoms with Crippen LogP contribution < -0.4 is 5.73 Å². The Kier molecular flexibility index (Phi) is 3.79. The molecule has 3 rings (SSSR count). The fourth-order valence-corrected chi connectivity index (χ4v) is 3.00. The largest absolute Gasteiger partial charge is 0.320 e. The van der Waals surface area contributed by atoms with E-state index in [-0.39, 0.29) is 5.82 Å². The second-order valence-corrected chi connectivity index (χ2v) is 6.08. The maximum absolute atomic E-state index is 14.2. The van der Waals surface area contributed by atoms with Gasteiger partial charge in [-0.05, 0) is 41.0 Å². The van der Waals surface area contributed by atoms with Crippen molar-refractivity contribution in [2.45, 2.75) is 13.0 Å². The first-order valence-corrected chi connectivity index (χ1v) is 7.56. The van der Waals surface area contributed by atoms with Gasteiger partial charge in [-0.2, -0.15) is 0 Å². The Hall–Kier alpha value is -1.71. The van der Waals surface area contributed by atoms with Gasteiger partial charge in [-0.1, -0.05) is 58.4 Å². The summed E-state index contributed by atoms with van der Waals surface area (Å²) in [4.78, 5) is 0. The van der Waals surface area contributed by atoms with Crippen molar-refractivity contribution in [2.24, 2.45) is 5.73 Å². The summed E-state index contributed by atoms with van der Waals surface area (Å²) >= 11 is 3.27. The van der Waals surface area contributed by atoms with Crippen molar-refractivity contribution in [3.05, 3.63) is 81.6 Å². The Balaban J connectivity index is 2.18. The van der Waals surface area contributed by atoms with E-state index in [9.17, 15) is 4.39 Å². The summed E-state index contributed by atoms with van der Waals surface area (Å²) in [5.74, 6) is -0.290. The molecule has 0 aliphatic rings. The maximum atomic E-state index is 14.2. The van der Waals surface area contributed by atoms with Crippen LogP contribution in [0.1, 0.15) is 22.7 Å². The van der Waals surface area contributed by atoms with Gasteiger partial charge in [-0.25, -0.2) is 4.39 Å². The number of hydrogen-bond acceptors (Lipinski definition) is 1. The summed E-state index contributed by atoms with van der Waals surface area (Å²) in [6.45, 7) is 2.07. The number of benzene rings is 3. The summed E-state index contributed by atoms with van der Waals surface area (Å²) in [5.41, 5.74) is 8.97. The zero-order valence-electron chi connectivity index (χ0n) is 11.6. The van der Waals surface area contributed by atoms with Gasteiger partial charge < -0.3 is 5.73 Å². The molecule has 0 heterocycles. The lowest BCUT2D eigenvalue weighted by atomic mass is 9.92. The van der Waals surface area contributed by atoms with Gasteiger partial charge in [0.15, 0.2) is 0 Å². The molecule has 3 aromatic rings. The lowest BCUT2D eigenvalue weighted by Gasteiger charge is -2.17. The monoisotopic (exact) mass is 343 g/mol. The Morgan fingerprint density at radius 1 is 0.952 bits per heavy atom. The molecule has 3 heteroatoms.